The molecular weight excluding hydrogens is 376 g/mol. The molecule has 3 aromatic carbocycles. The summed E-state index contributed by atoms with van der Waals surface area (Å²) in [5.74, 6) is 0. The average molecular weight is 405 g/mol. The van der Waals surface area contributed by atoms with Crippen molar-refractivity contribution in [1.29, 1.82) is 5.26 Å². The molecule has 31 heavy (non-hydrogen) atoms. The topological polar surface area (TPSA) is 27.0 Å². The Morgan fingerprint density at radius 3 is 2.35 bits per heavy atom. The zero-order chi connectivity index (χ0) is 21.3. The summed E-state index contributed by atoms with van der Waals surface area (Å²) >= 11 is 0. The highest BCUT2D eigenvalue weighted by atomic mass is 15.1. The van der Waals surface area contributed by atoms with E-state index in [4.69, 9.17) is 0 Å². The Morgan fingerprint density at radius 2 is 1.52 bits per heavy atom. The minimum Gasteiger partial charge on any atom is -0.282 e. The van der Waals surface area contributed by atoms with Crippen LogP contribution in [0.1, 0.15) is 29.5 Å². The minimum atomic E-state index is 0.419. The number of rotatable bonds is 8. The SMILES string of the molecule is N#CCN(Cc1ccc(CCC2=CC=CCC=C2)cc1)Cc1ccc2ccccc2c1. The number of aryl methyl sites for hydroxylation is 1. The fourth-order valence-corrected chi connectivity index (χ4v) is 4.01. The molecule has 0 heterocycles. The molecule has 154 valence electrons. The maximum atomic E-state index is 9.32. The van der Waals surface area contributed by atoms with Crippen LogP contribution in [0.3, 0.4) is 0 Å². The molecule has 4 rings (SSSR count). The monoisotopic (exact) mass is 404 g/mol. The van der Waals surface area contributed by atoms with Crippen LogP contribution in [0, 0.1) is 11.3 Å². The van der Waals surface area contributed by atoms with Crippen LogP contribution in [0.5, 0.6) is 0 Å². The maximum Gasteiger partial charge on any atom is 0.0871 e. The summed E-state index contributed by atoms with van der Waals surface area (Å²) < 4.78 is 0. The molecule has 0 spiro atoms. The molecule has 1 aliphatic carbocycles. The Labute approximate surface area is 185 Å². The van der Waals surface area contributed by atoms with Crippen molar-refractivity contribution >= 4 is 10.8 Å². The predicted octanol–water partition coefficient (Wildman–Crippen LogP) is 6.74. The molecule has 0 radical (unpaired) electrons. The van der Waals surface area contributed by atoms with Crippen LogP contribution in [0.15, 0.2) is 103 Å². The highest BCUT2D eigenvalue weighted by molar-refractivity contribution is 5.82. The molecule has 0 aliphatic heterocycles. The first-order valence-electron chi connectivity index (χ1n) is 11.0. The summed E-state index contributed by atoms with van der Waals surface area (Å²) in [6, 6.07) is 26.2. The number of allylic oxidation sites excluding steroid dienone is 6. The number of hydrogen-bond acceptors (Lipinski definition) is 2. The van der Waals surface area contributed by atoms with E-state index in [1.165, 1.54) is 33.0 Å². The van der Waals surface area contributed by atoms with E-state index in [2.05, 4.69) is 108 Å². The molecule has 0 unspecified atom stereocenters. The predicted molar refractivity (Wildman–Crippen MR) is 129 cm³/mol. The Hall–Kier alpha value is -3.41. The number of benzene rings is 3. The van der Waals surface area contributed by atoms with Crippen LogP contribution in [0.25, 0.3) is 10.8 Å². The number of fused-ring (bicyclic) bond motifs is 1. The van der Waals surface area contributed by atoms with Crippen molar-refractivity contribution in [1.82, 2.24) is 4.90 Å². The van der Waals surface area contributed by atoms with Crippen LogP contribution in [0.4, 0.5) is 0 Å². The summed E-state index contributed by atoms with van der Waals surface area (Å²) in [7, 11) is 0. The Kier molecular flexibility index (Phi) is 7.11. The minimum absolute atomic E-state index is 0.419. The first-order valence-corrected chi connectivity index (χ1v) is 11.0. The number of hydrogen-bond donors (Lipinski definition) is 0. The molecule has 3 aromatic rings. The first-order chi connectivity index (χ1) is 15.3. The smallest absolute Gasteiger partial charge is 0.0871 e. The lowest BCUT2D eigenvalue weighted by Gasteiger charge is -2.20. The Bertz CT molecular complexity index is 1140. The van der Waals surface area contributed by atoms with Gasteiger partial charge in [0.25, 0.3) is 0 Å². The van der Waals surface area contributed by atoms with Crippen molar-refractivity contribution in [3.63, 3.8) is 0 Å². The molecule has 1 aliphatic rings. The lowest BCUT2D eigenvalue weighted by Crippen LogP contribution is -2.23. The number of nitrogens with zero attached hydrogens (tertiary/aromatic N) is 2. The van der Waals surface area contributed by atoms with Crippen molar-refractivity contribution < 1.29 is 0 Å². The van der Waals surface area contributed by atoms with Crippen molar-refractivity contribution in [2.75, 3.05) is 6.54 Å². The van der Waals surface area contributed by atoms with Gasteiger partial charge in [0, 0.05) is 13.1 Å². The van der Waals surface area contributed by atoms with Gasteiger partial charge in [-0.3, -0.25) is 4.90 Å². The van der Waals surface area contributed by atoms with Gasteiger partial charge in [0.1, 0.15) is 0 Å². The van der Waals surface area contributed by atoms with E-state index in [9.17, 15) is 5.26 Å². The molecule has 0 fully saturated rings. The second kappa shape index (κ2) is 10.6. The quantitative estimate of drug-likeness (QED) is 0.389. The van der Waals surface area contributed by atoms with Crippen LogP contribution >= 0.6 is 0 Å². The molecule has 2 nitrogen and oxygen atoms in total. The highest BCUT2D eigenvalue weighted by Crippen LogP contribution is 2.19. The van der Waals surface area contributed by atoms with Crippen molar-refractivity contribution in [3.8, 4) is 6.07 Å². The van der Waals surface area contributed by atoms with Crippen molar-refractivity contribution in [2.45, 2.75) is 32.4 Å². The normalized spacial score (nSPS) is 13.2. The third-order valence-corrected chi connectivity index (χ3v) is 5.70. The Balaban J connectivity index is 1.37. The van der Waals surface area contributed by atoms with Crippen molar-refractivity contribution in [3.05, 3.63) is 119 Å². The molecule has 0 saturated heterocycles. The Morgan fingerprint density at radius 1 is 0.774 bits per heavy atom. The molecular formula is C29H28N2. The van der Waals surface area contributed by atoms with E-state index in [0.29, 0.717) is 6.54 Å². The van der Waals surface area contributed by atoms with Crippen LogP contribution in [0.2, 0.25) is 0 Å². The molecule has 0 atom stereocenters. The summed E-state index contributed by atoms with van der Waals surface area (Å²) in [4.78, 5) is 2.20. The van der Waals surface area contributed by atoms with Gasteiger partial charge in [-0.25, -0.2) is 0 Å². The van der Waals surface area contributed by atoms with Crippen LogP contribution < -0.4 is 0 Å². The van der Waals surface area contributed by atoms with Gasteiger partial charge >= 0.3 is 0 Å². The van der Waals surface area contributed by atoms with Gasteiger partial charge < -0.3 is 0 Å². The second-order valence-electron chi connectivity index (χ2n) is 8.11. The van der Waals surface area contributed by atoms with Gasteiger partial charge in [-0.2, -0.15) is 5.26 Å². The zero-order valence-electron chi connectivity index (χ0n) is 17.9. The summed E-state index contributed by atoms with van der Waals surface area (Å²) in [5.41, 5.74) is 5.22. The lowest BCUT2D eigenvalue weighted by molar-refractivity contribution is 0.289. The van der Waals surface area contributed by atoms with Crippen LogP contribution in [-0.2, 0) is 19.5 Å². The third-order valence-electron chi connectivity index (χ3n) is 5.70. The van der Waals surface area contributed by atoms with Gasteiger partial charge in [0.2, 0.25) is 0 Å². The molecule has 0 aromatic heterocycles. The van der Waals surface area contributed by atoms with Gasteiger partial charge in [-0.1, -0.05) is 91.0 Å². The van der Waals surface area contributed by atoms with E-state index in [1.807, 2.05) is 0 Å². The molecule has 0 saturated carbocycles. The van der Waals surface area contributed by atoms with E-state index >= 15 is 0 Å². The lowest BCUT2D eigenvalue weighted by atomic mass is 10.0. The van der Waals surface area contributed by atoms with E-state index in [-0.39, 0.29) is 0 Å². The highest BCUT2D eigenvalue weighted by Gasteiger charge is 2.08. The summed E-state index contributed by atoms with van der Waals surface area (Å²) in [6.45, 7) is 1.97. The van der Waals surface area contributed by atoms with E-state index < -0.39 is 0 Å². The van der Waals surface area contributed by atoms with Gasteiger partial charge in [0.05, 0.1) is 12.6 Å². The maximum absolute atomic E-state index is 9.32. The number of nitriles is 1. The molecule has 0 N–H and O–H groups in total. The average Bonchev–Trinajstić information content (AvgIpc) is 3.08. The van der Waals surface area contributed by atoms with Gasteiger partial charge in [-0.05, 0) is 58.4 Å². The van der Waals surface area contributed by atoms with Crippen LogP contribution in [-0.4, -0.2) is 11.4 Å². The molecule has 0 amide bonds. The molecule has 2 heteroatoms. The first kappa shape index (κ1) is 20.8. The largest absolute Gasteiger partial charge is 0.282 e. The standard InChI is InChI=1S/C29H28N2/c30-19-20-31(23-27-17-18-28-9-5-6-10-29(28)21-27)22-26-15-13-25(14-16-26)12-11-24-7-3-1-2-4-8-24/h1,3-10,13-18,21H,2,11-12,20,22-23H2. The van der Waals surface area contributed by atoms with E-state index in [0.717, 1.165) is 32.4 Å². The fourth-order valence-electron chi connectivity index (χ4n) is 4.01. The third kappa shape index (κ3) is 6.04. The fraction of sp³-hybridized carbons (Fsp3) is 0.207. The van der Waals surface area contributed by atoms with E-state index in [1.54, 1.807) is 0 Å². The van der Waals surface area contributed by atoms with Gasteiger partial charge in [-0.15, -0.1) is 0 Å². The van der Waals surface area contributed by atoms with Gasteiger partial charge in [0.15, 0.2) is 0 Å². The zero-order valence-corrected chi connectivity index (χ0v) is 17.9. The summed E-state index contributed by atoms with van der Waals surface area (Å²) in [6.07, 6.45) is 14.1. The molecule has 0 bridgehead atoms. The van der Waals surface area contributed by atoms with Crippen molar-refractivity contribution in [2.24, 2.45) is 0 Å². The second-order valence-corrected chi connectivity index (χ2v) is 8.11. The summed E-state index contributed by atoms with van der Waals surface area (Å²) in [5, 5.41) is 11.8.